The van der Waals surface area contributed by atoms with E-state index < -0.39 is 5.97 Å². The molecule has 9 heteroatoms. The van der Waals surface area contributed by atoms with Crippen molar-refractivity contribution in [3.63, 3.8) is 0 Å². The molecular formula is C23H22N2O5S2. The number of nitrogens with zero attached hydrogens (tertiary/aromatic N) is 1. The lowest BCUT2D eigenvalue weighted by Gasteiger charge is -2.43. The van der Waals surface area contributed by atoms with Gasteiger partial charge in [-0.1, -0.05) is 41.2 Å². The molecule has 2 saturated carbocycles. The molecule has 3 heterocycles. The Bertz CT molecular complexity index is 1200. The van der Waals surface area contributed by atoms with E-state index in [0.29, 0.717) is 0 Å². The molecule has 3 fully saturated rings. The van der Waals surface area contributed by atoms with Gasteiger partial charge in [0.1, 0.15) is 0 Å². The van der Waals surface area contributed by atoms with E-state index in [1.165, 1.54) is 16.2 Å². The van der Waals surface area contributed by atoms with Crippen molar-refractivity contribution in [2.75, 3.05) is 6.54 Å². The third kappa shape index (κ3) is 2.73. The van der Waals surface area contributed by atoms with Crippen molar-refractivity contribution in [3.05, 3.63) is 49.9 Å². The van der Waals surface area contributed by atoms with Crippen molar-refractivity contribution in [2.24, 2.45) is 29.6 Å². The van der Waals surface area contributed by atoms with Crippen molar-refractivity contribution in [2.45, 2.75) is 36.0 Å². The fourth-order valence-corrected chi connectivity index (χ4v) is 9.54. The number of hydrogen-bond acceptors (Lipinski definition) is 6. The number of aliphatic carboxylic acids is 1. The molecule has 2 N–H and O–H groups in total. The smallest absolute Gasteiger partial charge is 0.305 e. The number of hydrogen-bond donors (Lipinski definition) is 2. The number of carbonyl (C=O) groups excluding carboxylic acids is 2. The van der Waals surface area contributed by atoms with Gasteiger partial charge in [0.05, 0.1) is 23.3 Å². The van der Waals surface area contributed by atoms with E-state index in [0.717, 1.165) is 27.5 Å². The standard InChI is InChI=1S/C23H22N2O5S2/c1-9-2-4-10(5-3-9)14-15-11-8-12(18(15)31-20-19(14)32-23(30)24-20)17-16(11)21(28)25(22(17)29)7-6-13(26)27/h2-5,11-12,14-18H,6-8H2,1H3,(H,24,30)(H,26,27)/t11-,12-,14-,15-,16+,17+,18-/m1/s1. The number of aryl methyl sites for hydroxylation is 1. The van der Waals surface area contributed by atoms with Gasteiger partial charge in [-0.3, -0.25) is 24.1 Å². The van der Waals surface area contributed by atoms with Gasteiger partial charge < -0.3 is 10.1 Å². The third-order valence-corrected chi connectivity index (χ3v) is 10.4. The van der Waals surface area contributed by atoms with Crippen LogP contribution in [-0.2, 0) is 14.4 Å². The van der Waals surface area contributed by atoms with Crippen LogP contribution < -0.4 is 4.87 Å². The number of amides is 2. The Kier molecular flexibility index (Phi) is 4.46. The molecule has 166 valence electrons. The van der Waals surface area contributed by atoms with Crippen LogP contribution in [0.15, 0.2) is 34.1 Å². The number of carboxylic acids is 1. The lowest BCUT2D eigenvalue weighted by molar-refractivity contribution is -0.142. The molecule has 2 aliphatic heterocycles. The fourth-order valence-electron chi connectivity index (χ4n) is 6.65. The number of carbonyl (C=O) groups is 3. The van der Waals surface area contributed by atoms with Crippen molar-refractivity contribution >= 4 is 40.9 Å². The highest BCUT2D eigenvalue weighted by Gasteiger charge is 2.69. The molecule has 32 heavy (non-hydrogen) atoms. The number of aromatic amines is 1. The number of thiazole rings is 1. The predicted molar refractivity (Wildman–Crippen MR) is 119 cm³/mol. The molecule has 2 amide bonds. The molecule has 2 bridgehead atoms. The molecule has 2 aliphatic carbocycles. The molecule has 6 rings (SSSR count). The topological polar surface area (TPSA) is 108 Å². The fraction of sp³-hybridized carbons (Fsp3) is 0.478. The first-order valence-electron chi connectivity index (χ1n) is 10.9. The average molecular weight is 471 g/mol. The summed E-state index contributed by atoms with van der Waals surface area (Å²) in [5.74, 6) is -1.83. The minimum absolute atomic E-state index is 0.0210. The monoisotopic (exact) mass is 470 g/mol. The number of likely N-dealkylation sites (tertiary alicyclic amines) is 1. The zero-order chi connectivity index (χ0) is 22.3. The molecule has 7 nitrogen and oxygen atoms in total. The number of aromatic nitrogens is 1. The van der Waals surface area contributed by atoms with E-state index in [4.69, 9.17) is 5.11 Å². The number of rotatable bonds is 4. The summed E-state index contributed by atoms with van der Waals surface area (Å²) in [6, 6.07) is 8.39. The van der Waals surface area contributed by atoms with E-state index in [-0.39, 0.29) is 70.4 Å². The third-order valence-electron chi connectivity index (χ3n) is 7.80. The second kappa shape index (κ2) is 7.05. The van der Waals surface area contributed by atoms with Crippen LogP contribution in [0, 0.1) is 36.5 Å². The quantitative estimate of drug-likeness (QED) is 0.666. The normalized spacial score (nSPS) is 34.5. The van der Waals surface area contributed by atoms with Crippen molar-refractivity contribution in [3.8, 4) is 0 Å². The van der Waals surface area contributed by atoms with E-state index in [1.54, 1.807) is 11.8 Å². The Morgan fingerprint density at radius 3 is 2.50 bits per heavy atom. The minimum Gasteiger partial charge on any atom is -0.481 e. The Balaban J connectivity index is 1.41. The van der Waals surface area contributed by atoms with E-state index in [2.05, 4.69) is 29.2 Å². The molecule has 2 aromatic rings. The Morgan fingerprint density at radius 1 is 1.12 bits per heavy atom. The minimum atomic E-state index is -1.01. The van der Waals surface area contributed by atoms with Crippen LogP contribution in [0.2, 0.25) is 0 Å². The van der Waals surface area contributed by atoms with Crippen LogP contribution in [-0.4, -0.2) is 44.6 Å². The van der Waals surface area contributed by atoms with E-state index in [1.807, 2.05) is 6.92 Å². The first-order chi connectivity index (χ1) is 15.3. The molecule has 0 spiro atoms. The summed E-state index contributed by atoms with van der Waals surface area (Å²) in [6.07, 6.45) is 0.613. The van der Waals surface area contributed by atoms with Crippen LogP contribution in [0.3, 0.4) is 0 Å². The number of fused-ring (bicyclic) bond motifs is 9. The zero-order valence-corrected chi connectivity index (χ0v) is 18.9. The van der Waals surface area contributed by atoms with Gasteiger partial charge in [-0.25, -0.2) is 0 Å². The number of H-pyrrole nitrogens is 1. The van der Waals surface area contributed by atoms with Gasteiger partial charge in [0.2, 0.25) is 11.8 Å². The molecule has 0 unspecified atom stereocenters. The van der Waals surface area contributed by atoms with Crippen LogP contribution in [0.5, 0.6) is 0 Å². The maximum Gasteiger partial charge on any atom is 0.305 e. The summed E-state index contributed by atoms with van der Waals surface area (Å²) in [7, 11) is 0. The lowest BCUT2D eigenvalue weighted by atomic mass is 9.68. The van der Waals surface area contributed by atoms with Gasteiger partial charge in [0.15, 0.2) is 0 Å². The van der Waals surface area contributed by atoms with E-state index >= 15 is 0 Å². The summed E-state index contributed by atoms with van der Waals surface area (Å²) < 4.78 is 0. The summed E-state index contributed by atoms with van der Waals surface area (Å²) in [5, 5.41) is 10.1. The average Bonchev–Trinajstić information content (AvgIpc) is 3.47. The maximum absolute atomic E-state index is 13.3. The van der Waals surface area contributed by atoms with Gasteiger partial charge in [-0.15, -0.1) is 11.8 Å². The number of nitrogens with one attached hydrogen (secondary N) is 1. The highest BCUT2D eigenvalue weighted by Crippen LogP contribution is 2.68. The molecular weight excluding hydrogens is 448 g/mol. The van der Waals surface area contributed by atoms with E-state index in [9.17, 15) is 19.2 Å². The Morgan fingerprint density at radius 2 is 1.81 bits per heavy atom. The van der Waals surface area contributed by atoms with Gasteiger partial charge in [0, 0.05) is 22.6 Å². The van der Waals surface area contributed by atoms with Crippen molar-refractivity contribution in [1.82, 2.24) is 9.88 Å². The molecule has 1 aromatic heterocycles. The zero-order valence-electron chi connectivity index (χ0n) is 17.3. The van der Waals surface area contributed by atoms with Gasteiger partial charge in [-0.2, -0.15) is 0 Å². The molecule has 1 aromatic carbocycles. The highest BCUT2D eigenvalue weighted by molar-refractivity contribution is 8.00. The summed E-state index contributed by atoms with van der Waals surface area (Å²) in [4.78, 5) is 54.9. The second-order valence-electron chi connectivity index (χ2n) is 9.34. The number of thioether (sulfide) groups is 1. The van der Waals surface area contributed by atoms with Crippen LogP contribution >= 0.6 is 23.1 Å². The molecule has 7 atom stereocenters. The highest BCUT2D eigenvalue weighted by atomic mass is 32.2. The van der Waals surface area contributed by atoms with Crippen LogP contribution in [0.4, 0.5) is 0 Å². The van der Waals surface area contributed by atoms with Crippen molar-refractivity contribution < 1.29 is 19.5 Å². The van der Waals surface area contributed by atoms with Crippen molar-refractivity contribution in [1.29, 1.82) is 0 Å². The molecule has 1 saturated heterocycles. The Labute approximate surface area is 192 Å². The maximum atomic E-state index is 13.3. The van der Waals surface area contributed by atoms with Gasteiger partial charge in [-0.05, 0) is 36.7 Å². The van der Waals surface area contributed by atoms with Crippen LogP contribution in [0.1, 0.15) is 34.8 Å². The lowest BCUT2D eigenvalue weighted by Crippen LogP contribution is -2.42. The molecule has 0 radical (unpaired) electrons. The SMILES string of the molecule is Cc1ccc([C@H]2c3sc(=O)[nH]c3S[C@@H]3[C@@H]4C[C@@H]([C@@H]5C(=O)N(CCC(=O)O)C(=O)[C@@H]45)[C@H]23)cc1. The first kappa shape index (κ1) is 20.2. The molecule has 4 aliphatic rings. The summed E-state index contributed by atoms with van der Waals surface area (Å²) in [5.41, 5.74) is 2.31. The van der Waals surface area contributed by atoms with Crippen LogP contribution in [0.25, 0.3) is 0 Å². The number of carboxylic acid groups (broad SMARTS) is 1. The first-order valence-corrected chi connectivity index (χ1v) is 12.6. The van der Waals surface area contributed by atoms with Gasteiger partial charge in [0.25, 0.3) is 0 Å². The summed E-state index contributed by atoms with van der Waals surface area (Å²) >= 11 is 2.92. The van der Waals surface area contributed by atoms with Gasteiger partial charge >= 0.3 is 10.8 Å². The largest absolute Gasteiger partial charge is 0.481 e. The second-order valence-corrected chi connectivity index (χ2v) is 11.5. The summed E-state index contributed by atoms with van der Waals surface area (Å²) in [6.45, 7) is 1.99. The predicted octanol–water partition coefficient (Wildman–Crippen LogP) is 2.69. The Hall–Kier alpha value is -2.39. The number of benzene rings is 1. The number of imide groups is 1.